The van der Waals surface area contributed by atoms with Gasteiger partial charge in [0.1, 0.15) is 5.75 Å². The Morgan fingerprint density at radius 2 is 2.19 bits per heavy atom. The minimum absolute atomic E-state index is 0.0146. The third-order valence-electron chi connectivity index (χ3n) is 1.87. The molecule has 0 spiro atoms. The van der Waals surface area contributed by atoms with Gasteiger partial charge in [-0.1, -0.05) is 6.08 Å². The average molecular weight is 237 g/mol. The number of hydrogen-bond acceptors (Lipinski definition) is 3. The minimum Gasteiger partial charge on any atom is -0.497 e. The molecule has 0 atom stereocenters. The van der Waals surface area contributed by atoms with E-state index in [4.69, 9.17) is 4.74 Å². The van der Waals surface area contributed by atoms with E-state index in [2.05, 4.69) is 11.9 Å². The lowest BCUT2D eigenvalue weighted by atomic mass is 10.3. The van der Waals surface area contributed by atoms with E-state index in [0.717, 1.165) is 10.6 Å². The van der Waals surface area contributed by atoms with Gasteiger partial charge in [0.15, 0.2) is 0 Å². The van der Waals surface area contributed by atoms with Gasteiger partial charge in [-0.25, -0.2) is 0 Å². The lowest BCUT2D eigenvalue weighted by Crippen LogP contribution is -2.24. The molecular formula is C12H15NO2S. The quantitative estimate of drug-likeness (QED) is 0.608. The molecule has 0 aromatic heterocycles. The molecule has 1 aromatic carbocycles. The summed E-state index contributed by atoms with van der Waals surface area (Å²) in [5.74, 6) is 1.25. The van der Waals surface area contributed by atoms with E-state index in [9.17, 15) is 4.79 Å². The fraction of sp³-hybridized carbons (Fsp3) is 0.250. The summed E-state index contributed by atoms with van der Waals surface area (Å²) in [6.07, 6.45) is 1.66. The van der Waals surface area contributed by atoms with E-state index in [1.54, 1.807) is 13.2 Å². The summed E-state index contributed by atoms with van der Waals surface area (Å²) < 4.78 is 5.05. The number of carbonyl (C=O) groups excluding carboxylic acids is 1. The number of ether oxygens (including phenoxy) is 1. The molecule has 1 rings (SSSR count). The Bertz CT molecular complexity index is 349. The second-order valence-electron chi connectivity index (χ2n) is 3.06. The van der Waals surface area contributed by atoms with Gasteiger partial charge in [-0.3, -0.25) is 4.79 Å². The molecule has 0 bridgehead atoms. The zero-order chi connectivity index (χ0) is 11.8. The Balaban J connectivity index is 2.36. The van der Waals surface area contributed by atoms with E-state index in [0.29, 0.717) is 12.3 Å². The first-order chi connectivity index (χ1) is 7.76. The van der Waals surface area contributed by atoms with Crippen molar-refractivity contribution in [3.05, 3.63) is 36.9 Å². The summed E-state index contributed by atoms with van der Waals surface area (Å²) in [6.45, 7) is 4.05. The number of benzene rings is 1. The Morgan fingerprint density at radius 3 is 2.75 bits per heavy atom. The molecular weight excluding hydrogens is 222 g/mol. The number of thioether (sulfide) groups is 1. The van der Waals surface area contributed by atoms with Gasteiger partial charge in [-0.15, -0.1) is 18.3 Å². The molecule has 86 valence electrons. The van der Waals surface area contributed by atoms with Gasteiger partial charge in [0.05, 0.1) is 12.9 Å². The summed E-state index contributed by atoms with van der Waals surface area (Å²) >= 11 is 1.50. The summed E-state index contributed by atoms with van der Waals surface area (Å²) in [4.78, 5) is 12.3. The van der Waals surface area contributed by atoms with Crippen LogP contribution < -0.4 is 10.1 Å². The normalized spacial score (nSPS) is 9.56. The second kappa shape index (κ2) is 6.95. The zero-order valence-electron chi connectivity index (χ0n) is 9.23. The van der Waals surface area contributed by atoms with Crippen LogP contribution >= 0.6 is 11.8 Å². The smallest absolute Gasteiger partial charge is 0.230 e. The molecule has 1 N–H and O–H groups in total. The van der Waals surface area contributed by atoms with E-state index in [1.165, 1.54) is 11.8 Å². The molecule has 0 saturated carbocycles. The molecule has 0 aliphatic rings. The highest BCUT2D eigenvalue weighted by atomic mass is 32.2. The highest BCUT2D eigenvalue weighted by Gasteiger charge is 2.01. The summed E-state index contributed by atoms with van der Waals surface area (Å²) in [5.41, 5.74) is 0. The molecule has 16 heavy (non-hydrogen) atoms. The van der Waals surface area contributed by atoms with Crippen molar-refractivity contribution in [2.75, 3.05) is 19.4 Å². The number of hydrogen-bond donors (Lipinski definition) is 1. The molecule has 0 aliphatic carbocycles. The average Bonchev–Trinajstić information content (AvgIpc) is 2.34. The van der Waals surface area contributed by atoms with E-state index >= 15 is 0 Å². The van der Waals surface area contributed by atoms with Crippen LogP contribution in [0.15, 0.2) is 41.8 Å². The first-order valence-corrected chi connectivity index (χ1v) is 5.89. The predicted molar refractivity (Wildman–Crippen MR) is 66.9 cm³/mol. The SMILES string of the molecule is C=CCNC(=O)CSc1ccc(OC)cc1. The summed E-state index contributed by atoms with van der Waals surface area (Å²) in [6, 6.07) is 7.63. The van der Waals surface area contributed by atoms with Crippen LogP contribution in [0.2, 0.25) is 0 Å². The van der Waals surface area contributed by atoms with Crippen molar-refractivity contribution < 1.29 is 9.53 Å². The van der Waals surface area contributed by atoms with Crippen LogP contribution in [0.25, 0.3) is 0 Å². The van der Waals surface area contributed by atoms with Crippen molar-refractivity contribution in [1.29, 1.82) is 0 Å². The Hall–Kier alpha value is -1.42. The Labute approximate surface area is 99.9 Å². The van der Waals surface area contributed by atoms with Crippen molar-refractivity contribution in [3.63, 3.8) is 0 Å². The number of amides is 1. The van der Waals surface area contributed by atoms with Gasteiger partial charge >= 0.3 is 0 Å². The minimum atomic E-state index is 0.0146. The van der Waals surface area contributed by atoms with Crippen molar-refractivity contribution in [2.24, 2.45) is 0 Å². The standard InChI is InChI=1S/C12H15NO2S/c1-3-8-13-12(14)9-16-11-6-4-10(15-2)5-7-11/h3-7H,1,8-9H2,2H3,(H,13,14). The van der Waals surface area contributed by atoms with Gasteiger partial charge in [-0.05, 0) is 24.3 Å². The van der Waals surface area contributed by atoms with E-state index in [-0.39, 0.29) is 5.91 Å². The van der Waals surface area contributed by atoms with Crippen molar-refractivity contribution in [2.45, 2.75) is 4.90 Å². The van der Waals surface area contributed by atoms with Crippen LogP contribution in [0.5, 0.6) is 5.75 Å². The van der Waals surface area contributed by atoms with Crippen molar-refractivity contribution >= 4 is 17.7 Å². The van der Waals surface area contributed by atoms with Crippen LogP contribution in [-0.2, 0) is 4.79 Å². The van der Waals surface area contributed by atoms with Crippen LogP contribution in [0, 0.1) is 0 Å². The van der Waals surface area contributed by atoms with Crippen molar-refractivity contribution in [1.82, 2.24) is 5.32 Å². The Kier molecular flexibility index (Phi) is 5.50. The molecule has 0 unspecified atom stereocenters. The van der Waals surface area contributed by atoms with E-state index < -0.39 is 0 Å². The third kappa shape index (κ3) is 4.40. The number of rotatable bonds is 6. The van der Waals surface area contributed by atoms with Crippen molar-refractivity contribution in [3.8, 4) is 5.75 Å². The molecule has 0 aliphatic heterocycles. The van der Waals surface area contributed by atoms with Crippen LogP contribution in [0.1, 0.15) is 0 Å². The highest BCUT2D eigenvalue weighted by Crippen LogP contribution is 2.20. The van der Waals surface area contributed by atoms with Gasteiger partial charge < -0.3 is 10.1 Å². The molecule has 0 radical (unpaired) electrons. The molecule has 0 fully saturated rings. The summed E-state index contributed by atoms with van der Waals surface area (Å²) in [7, 11) is 1.63. The maximum absolute atomic E-state index is 11.3. The summed E-state index contributed by atoms with van der Waals surface area (Å²) in [5, 5.41) is 2.72. The molecule has 4 heteroatoms. The highest BCUT2D eigenvalue weighted by molar-refractivity contribution is 8.00. The fourth-order valence-electron chi connectivity index (χ4n) is 1.06. The van der Waals surface area contributed by atoms with Crippen LogP contribution in [0.4, 0.5) is 0 Å². The lowest BCUT2D eigenvalue weighted by molar-refractivity contribution is -0.118. The third-order valence-corrected chi connectivity index (χ3v) is 2.88. The monoisotopic (exact) mass is 237 g/mol. The molecule has 1 aromatic rings. The van der Waals surface area contributed by atoms with Gasteiger partial charge in [-0.2, -0.15) is 0 Å². The Morgan fingerprint density at radius 1 is 1.50 bits per heavy atom. The maximum atomic E-state index is 11.3. The fourth-order valence-corrected chi connectivity index (χ4v) is 1.79. The molecule has 0 saturated heterocycles. The molecule has 0 heterocycles. The first kappa shape index (κ1) is 12.6. The molecule has 1 amide bonds. The molecule has 3 nitrogen and oxygen atoms in total. The predicted octanol–water partition coefficient (Wildman–Crippen LogP) is 2.09. The van der Waals surface area contributed by atoms with E-state index in [1.807, 2.05) is 24.3 Å². The van der Waals surface area contributed by atoms with Gasteiger partial charge in [0.25, 0.3) is 0 Å². The number of methoxy groups -OCH3 is 1. The zero-order valence-corrected chi connectivity index (χ0v) is 10.0. The first-order valence-electron chi connectivity index (χ1n) is 4.90. The topological polar surface area (TPSA) is 38.3 Å². The second-order valence-corrected chi connectivity index (χ2v) is 4.11. The lowest BCUT2D eigenvalue weighted by Gasteiger charge is -2.03. The van der Waals surface area contributed by atoms with Gasteiger partial charge in [0, 0.05) is 11.4 Å². The number of nitrogens with one attached hydrogen (secondary N) is 1. The maximum Gasteiger partial charge on any atom is 0.230 e. The van der Waals surface area contributed by atoms with Crippen LogP contribution in [-0.4, -0.2) is 25.3 Å². The largest absolute Gasteiger partial charge is 0.497 e. The van der Waals surface area contributed by atoms with Crippen LogP contribution in [0.3, 0.4) is 0 Å². The number of carbonyl (C=O) groups is 1. The van der Waals surface area contributed by atoms with Gasteiger partial charge in [0.2, 0.25) is 5.91 Å².